The normalized spacial score (nSPS) is 44.0. The molecule has 162 valence electrons. The molecule has 3 nitrogen and oxygen atoms in total. The lowest BCUT2D eigenvalue weighted by Gasteiger charge is -2.62. The predicted molar refractivity (Wildman–Crippen MR) is 114 cm³/mol. The molecule has 3 heteroatoms. The summed E-state index contributed by atoms with van der Waals surface area (Å²) in [6.45, 7) is 15.3. The number of carbonyl (C=O) groups excluding carboxylic acids is 1. The van der Waals surface area contributed by atoms with Crippen LogP contribution in [0, 0.1) is 34.5 Å². The van der Waals surface area contributed by atoms with Crippen LogP contribution in [0.2, 0.25) is 0 Å². The van der Waals surface area contributed by atoms with E-state index in [0.29, 0.717) is 11.8 Å². The van der Waals surface area contributed by atoms with Crippen molar-refractivity contribution < 1.29 is 14.3 Å². The van der Waals surface area contributed by atoms with Crippen LogP contribution in [-0.2, 0) is 14.3 Å². The zero-order valence-electron chi connectivity index (χ0n) is 19.7. The average molecular weight is 393 g/mol. The van der Waals surface area contributed by atoms with E-state index in [0.717, 1.165) is 37.5 Å². The Labute approximate surface area is 173 Å². The van der Waals surface area contributed by atoms with Crippen LogP contribution in [0.15, 0.2) is 0 Å². The summed E-state index contributed by atoms with van der Waals surface area (Å²) in [6, 6.07) is 0. The van der Waals surface area contributed by atoms with Crippen molar-refractivity contribution >= 4 is 5.97 Å². The third kappa shape index (κ3) is 3.55. The van der Waals surface area contributed by atoms with Gasteiger partial charge in [-0.3, -0.25) is 4.79 Å². The summed E-state index contributed by atoms with van der Waals surface area (Å²) in [6.07, 6.45) is 9.38. The van der Waals surface area contributed by atoms with Crippen LogP contribution in [0.3, 0.4) is 0 Å². The molecule has 0 N–H and O–H groups in total. The fourth-order valence-corrected chi connectivity index (χ4v) is 7.47. The molecule has 0 aliphatic heterocycles. The highest BCUT2D eigenvalue weighted by molar-refractivity contribution is 5.77. The first-order valence-electron chi connectivity index (χ1n) is 11.7. The van der Waals surface area contributed by atoms with Gasteiger partial charge in [-0.1, -0.05) is 27.2 Å². The molecule has 3 rings (SSSR count). The minimum absolute atomic E-state index is 0.0404. The van der Waals surface area contributed by atoms with Crippen LogP contribution in [0.25, 0.3) is 0 Å². The molecule has 0 aromatic rings. The molecule has 0 bridgehead atoms. The summed E-state index contributed by atoms with van der Waals surface area (Å²) >= 11 is 0. The highest BCUT2D eigenvalue weighted by atomic mass is 16.6. The van der Waals surface area contributed by atoms with Gasteiger partial charge in [-0.25, -0.2) is 0 Å². The minimum atomic E-state index is -0.411. The second-order valence-electron chi connectivity index (χ2n) is 11.9. The van der Waals surface area contributed by atoms with Gasteiger partial charge in [0.05, 0.1) is 11.0 Å². The molecule has 3 saturated carbocycles. The lowest BCUT2D eigenvalue weighted by molar-refractivity contribution is -0.196. The van der Waals surface area contributed by atoms with Crippen LogP contribution < -0.4 is 0 Å². The van der Waals surface area contributed by atoms with E-state index >= 15 is 0 Å². The summed E-state index contributed by atoms with van der Waals surface area (Å²) < 4.78 is 12.1. The lowest BCUT2D eigenvalue weighted by atomic mass is 9.43. The van der Waals surface area contributed by atoms with Crippen LogP contribution in [0.5, 0.6) is 0 Å². The van der Waals surface area contributed by atoms with Crippen molar-refractivity contribution in [1.82, 2.24) is 0 Å². The molecule has 0 aromatic heterocycles. The number of ether oxygens (including phenoxy) is 2. The van der Waals surface area contributed by atoms with Crippen molar-refractivity contribution in [3.05, 3.63) is 0 Å². The van der Waals surface area contributed by atoms with Crippen molar-refractivity contribution in [1.29, 1.82) is 0 Å². The van der Waals surface area contributed by atoms with Crippen LogP contribution in [-0.4, -0.2) is 24.3 Å². The largest absolute Gasteiger partial charge is 0.460 e. The molecule has 0 spiro atoms. The summed E-state index contributed by atoms with van der Waals surface area (Å²) in [7, 11) is 1.91. The Bertz CT molecular complexity index is 591. The molecular weight excluding hydrogens is 348 g/mol. The van der Waals surface area contributed by atoms with Gasteiger partial charge in [-0.05, 0) is 102 Å². The summed E-state index contributed by atoms with van der Waals surface area (Å²) in [5.74, 6) is 2.49. The molecule has 0 heterocycles. The van der Waals surface area contributed by atoms with E-state index in [2.05, 4.69) is 27.7 Å². The molecular formula is C25H44O3. The van der Waals surface area contributed by atoms with Crippen molar-refractivity contribution in [2.75, 3.05) is 7.11 Å². The number of methoxy groups -OCH3 is 1. The smallest absolute Gasteiger partial charge is 0.312 e. The number of esters is 1. The first kappa shape index (κ1) is 22.1. The topological polar surface area (TPSA) is 35.5 Å². The number of carbonyl (C=O) groups is 1. The monoisotopic (exact) mass is 392 g/mol. The number of hydrogen-bond donors (Lipinski definition) is 0. The Hall–Kier alpha value is -0.570. The SMILES string of the molecule is COC1(C(C)C)CCC2C(CCC3C(C)(C(=O)OC(C)(C)C)CCCC23C)C1. The molecule has 28 heavy (non-hydrogen) atoms. The van der Waals surface area contributed by atoms with Gasteiger partial charge in [0, 0.05) is 7.11 Å². The van der Waals surface area contributed by atoms with Crippen molar-refractivity contribution in [3.63, 3.8) is 0 Å². The zero-order valence-corrected chi connectivity index (χ0v) is 19.7. The van der Waals surface area contributed by atoms with E-state index in [-0.39, 0.29) is 22.4 Å². The van der Waals surface area contributed by atoms with Gasteiger partial charge in [0.15, 0.2) is 0 Å². The Morgan fingerprint density at radius 2 is 1.71 bits per heavy atom. The van der Waals surface area contributed by atoms with Gasteiger partial charge < -0.3 is 9.47 Å². The fraction of sp³-hybridized carbons (Fsp3) is 0.960. The summed E-state index contributed by atoms with van der Waals surface area (Å²) in [5, 5.41) is 0. The van der Waals surface area contributed by atoms with E-state index in [1.165, 1.54) is 25.7 Å². The maximum Gasteiger partial charge on any atom is 0.312 e. The number of rotatable bonds is 3. The summed E-state index contributed by atoms with van der Waals surface area (Å²) in [4.78, 5) is 13.3. The van der Waals surface area contributed by atoms with Gasteiger partial charge in [0.2, 0.25) is 0 Å². The van der Waals surface area contributed by atoms with Crippen LogP contribution in [0.1, 0.15) is 99.8 Å². The van der Waals surface area contributed by atoms with E-state index in [4.69, 9.17) is 9.47 Å². The molecule has 6 atom stereocenters. The number of fused-ring (bicyclic) bond motifs is 3. The molecule has 3 aliphatic carbocycles. The second-order valence-corrected chi connectivity index (χ2v) is 11.9. The Morgan fingerprint density at radius 1 is 1.04 bits per heavy atom. The van der Waals surface area contributed by atoms with Crippen molar-refractivity contribution in [3.8, 4) is 0 Å². The quantitative estimate of drug-likeness (QED) is 0.522. The minimum Gasteiger partial charge on any atom is -0.460 e. The third-order valence-corrected chi connectivity index (χ3v) is 9.03. The Kier molecular flexibility index (Phi) is 5.76. The molecule has 0 radical (unpaired) electrons. The molecule has 3 fully saturated rings. The molecule has 0 aromatic carbocycles. The van der Waals surface area contributed by atoms with Gasteiger partial charge in [0.25, 0.3) is 0 Å². The van der Waals surface area contributed by atoms with E-state index in [9.17, 15) is 4.79 Å². The second kappa shape index (κ2) is 7.29. The van der Waals surface area contributed by atoms with Crippen LogP contribution >= 0.6 is 0 Å². The maximum absolute atomic E-state index is 13.3. The van der Waals surface area contributed by atoms with E-state index < -0.39 is 5.60 Å². The first-order chi connectivity index (χ1) is 12.9. The Morgan fingerprint density at radius 3 is 2.29 bits per heavy atom. The van der Waals surface area contributed by atoms with Gasteiger partial charge in [0.1, 0.15) is 5.60 Å². The van der Waals surface area contributed by atoms with E-state index in [1.54, 1.807) is 0 Å². The third-order valence-electron chi connectivity index (χ3n) is 9.03. The van der Waals surface area contributed by atoms with Gasteiger partial charge in [-0.2, -0.15) is 0 Å². The number of hydrogen-bond acceptors (Lipinski definition) is 3. The molecule has 6 unspecified atom stereocenters. The Balaban J connectivity index is 1.86. The predicted octanol–water partition coefficient (Wildman–Crippen LogP) is 6.39. The molecule has 3 aliphatic rings. The summed E-state index contributed by atoms with van der Waals surface area (Å²) in [5.41, 5.74) is -0.443. The van der Waals surface area contributed by atoms with E-state index in [1.807, 2.05) is 27.9 Å². The van der Waals surface area contributed by atoms with Gasteiger partial charge in [-0.15, -0.1) is 0 Å². The zero-order chi connectivity index (χ0) is 21.0. The first-order valence-corrected chi connectivity index (χ1v) is 11.7. The lowest BCUT2D eigenvalue weighted by Crippen LogP contribution is -2.58. The highest BCUT2D eigenvalue weighted by Gasteiger charge is 2.61. The van der Waals surface area contributed by atoms with Crippen molar-refractivity contribution in [2.45, 2.75) is 111 Å². The average Bonchev–Trinajstić information content (AvgIpc) is 2.59. The van der Waals surface area contributed by atoms with Crippen molar-refractivity contribution in [2.24, 2.45) is 34.5 Å². The standard InChI is InChI=1S/C25H44O3/c1-17(2)25(27-8)15-12-19-18(16-25)10-11-20-23(19,6)13-9-14-24(20,7)21(26)28-22(3,4)5/h17-20H,9-16H2,1-8H3. The highest BCUT2D eigenvalue weighted by Crippen LogP contribution is 2.65. The van der Waals surface area contributed by atoms with Gasteiger partial charge >= 0.3 is 5.97 Å². The molecule has 0 amide bonds. The molecule has 0 saturated heterocycles. The maximum atomic E-state index is 13.3. The fourth-order valence-electron chi connectivity index (χ4n) is 7.47. The van der Waals surface area contributed by atoms with Crippen LogP contribution in [0.4, 0.5) is 0 Å².